The van der Waals surface area contributed by atoms with Crippen LogP contribution in [0.5, 0.6) is 0 Å². The number of nitrogens with zero attached hydrogens (tertiary/aromatic N) is 5. The molecule has 1 saturated heterocycles. The van der Waals surface area contributed by atoms with Gasteiger partial charge >= 0.3 is 0 Å². The fourth-order valence-electron chi connectivity index (χ4n) is 3.75. The molecule has 2 fully saturated rings. The summed E-state index contributed by atoms with van der Waals surface area (Å²) in [6, 6.07) is 0.553. The molecule has 0 aromatic carbocycles. The first-order valence-corrected chi connectivity index (χ1v) is 8.22. The van der Waals surface area contributed by atoms with Gasteiger partial charge in [-0.15, -0.1) is 0 Å². The molecule has 5 rings (SSSR count). The minimum Gasteiger partial charge on any atom is -0.377 e. The molecule has 1 atom stereocenters. The molecule has 23 heavy (non-hydrogen) atoms. The highest BCUT2D eigenvalue weighted by Crippen LogP contribution is 2.35. The largest absolute Gasteiger partial charge is 0.377 e. The maximum Gasteiger partial charge on any atom is 0.275 e. The van der Waals surface area contributed by atoms with Gasteiger partial charge in [-0.25, -0.2) is 9.97 Å². The highest BCUT2D eigenvalue weighted by Gasteiger charge is 2.40. The van der Waals surface area contributed by atoms with Gasteiger partial charge in [0.2, 0.25) is 0 Å². The molecular formula is C16H19N5O2. The molecule has 0 unspecified atom stereocenters. The molecule has 0 radical (unpaired) electrons. The summed E-state index contributed by atoms with van der Waals surface area (Å²) in [5, 5.41) is 0. The van der Waals surface area contributed by atoms with Crippen molar-refractivity contribution in [2.24, 2.45) is 0 Å². The van der Waals surface area contributed by atoms with Crippen molar-refractivity contribution in [3.05, 3.63) is 24.0 Å². The molecule has 1 aliphatic carbocycles. The van der Waals surface area contributed by atoms with Crippen molar-refractivity contribution in [1.29, 1.82) is 0 Å². The normalized spacial score (nSPS) is 24.6. The first kappa shape index (κ1) is 13.3. The van der Waals surface area contributed by atoms with Crippen LogP contribution in [0.25, 0.3) is 5.52 Å². The Morgan fingerprint density at radius 3 is 2.91 bits per heavy atom. The Labute approximate surface area is 133 Å². The second kappa shape index (κ2) is 4.67. The van der Waals surface area contributed by atoms with Crippen molar-refractivity contribution < 1.29 is 9.53 Å². The van der Waals surface area contributed by atoms with Crippen molar-refractivity contribution in [2.45, 2.75) is 31.8 Å². The first-order valence-electron chi connectivity index (χ1n) is 8.22. The number of aryl methyl sites for hydroxylation is 1. The van der Waals surface area contributed by atoms with E-state index in [1.807, 2.05) is 22.4 Å². The number of fused-ring (bicyclic) bond motifs is 2. The molecule has 3 aliphatic rings. The van der Waals surface area contributed by atoms with Crippen LogP contribution in [0.2, 0.25) is 0 Å². The minimum atomic E-state index is 0.0482. The van der Waals surface area contributed by atoms with Crippen molar-refractivity contribution in [3.8, 4) is 0 Å². The highest BCUT2D eigenvalue weighted by atomic mass is 16.5. The third kappa shape index (κ3) is 1.89. The smallest absolute Gasteiger partial charge is 0.275 e. The number of hydrogen-bond acceptors (Lipinski definition) is 5. The van der Waals surface area contributed by atoms with Gasteiger partial charge in [-0.2, -0.15) is 0 Å². The van der Waals surface area contributed by atoms with E-state index in [0.29, 0.717) is 31.5 Å². The number of ether oxygens (including phenoxy) is 1. The van der Waals surface area contributed by atoms with Gasteiger partial charge in [-0.1, -0.05) is 0 Å². The number of carbonyl (C=O) groups excluding carboxylic acids is 1. The van der Waals surface area contributed by atoms with Crippen molar-refractivity contribution >= 4 is 17.1 Å². The molecule has 120 valence electrons. The quantitative estimate of drug-likeness (QED) is 0.781. The molecule has 0 spiro atoms. The zero-order valence-corrected chi connectivity index (χ0v) is 13.1. The predicted octanol–water partition coefficient (Wildman–Crippen LogP) is 0.861. The maximum atomic E-state index is 13.1. The topological polar surface area (TPSA) is 63.0 Å². The van der Waals surface area contributed by atoms with Gasteiger partial charge in [0.05, 0.1) is 31.1 Å². The molecule has 7 nitrogen and oxygen atoms in total. The van der Waals surface area contributed by atoms with Crippen LogP contribution in [0, 0.1) is 6.92 Å². The molecule has 0 N–H and O–H groups in total. The number of anilines is 1. The van der Waals surface area contributed by atoms with Crippen LogP contribution < -0.4 is 4.90 Å². The van der Waals surface area contributed by atoms with E-state index in [4.69, 9.17) is 4.74 Å². The van der Waals surface area contributed by atoms with Gasteiger partial charge in [0, 0.05) is 19.1 Å². The molecular weight excluding hydrogens is 294 g/mol. The zero-order valence-electron chi connectivity index (χ0n) is 13.1. The summed E-state index contributed by atoms with van der Waals surface area (Å²) < 4.78 is 7.62. The third-order valence-electron chi connectivity index (χ3n) is 5.13. The van der Waals surface area contributed by atoms with Crippen LogP contribution in [0.4, 0.5) is 5.69 Å². The van der Waals surface area contributed by atoms with E-state index in [0.717, 1.165) is 36.4 Å². The zero-order chi connectivity index (χ0) is 15.6. The average Bonchev–Trinajstić information content (AvgIpc) is 3.30. The SMILES string of the molecule is Cc1ncc2c3c(ncn13)C(=O)N(C1CC1)C[C@H]1COCCN21. The van der Waals surface area contributed by atoms with E-state index in [2.05, 4.69) is 14.9 Å². The van der Waals surface area contributed by atoms with Crippen molar-refractivity contribution in [2.75, 3.05) is 31.2 Å². The van der Waals surface area contributed by atoms with E-state index in [9.17, 15) is 4.79 Å². The Bertz CT molecular complexity index is 797. The number of imidazole rings is 1. The number of aromatic nitrogens is 3. The summed E-state index contributed by atoms with van der Waals surface area (Å²) >= 11 is 0. The van der Waals surface area contributed by atoms with Crippen LogP contribution in [-0.4, -0.2) is 63.6 Å². The Balaban J connectivity index is 1.76. The summed E-state index contributed by atoms with van der Waals surface area (Å²) in [7, 11) is 0. The lowest BCUT2D eigenvalue weighted by atomic mass is 10.1. The van der Waals surface area contributed by atoms with Crippen molar-refractivity contribution in [3.63, 3.8) is 0 Å². The molecule has 2 aromatic heterocycles. The van der Waals surface area contributed by atoms with Crippen LogP contribution in [0.3, 0.4) is 0 Å². The maximum absolute atomic E-state index is 13.1. The molecule has 0 bridgehead atoms. The highest BCUT2D eigenvalue weighted by molar-refractivity contribution is 6.03. The van der Waals surface area contributed by atoms with Crippen LogP contribution in [0.1, 0.15) is 29.2 Å². The summed E-state index contributed by atoms with van der Waals surface area (Å²) in [6.07, 6.45) is 5.80. The van der Waals surface area contributed by atoms with E-state index in [-0.39, 0.29) is 11.9 Å². The number of carbonyl (C=O) groups is 1. The Hall–Kier alpha value is -2.15. The fraction of sp³-hybridized carbons (Fsp3) is 0.562. The van der Waals surface area contributed by atoms with E-state index >= 15 is 0 Å². The number of amides is 1. The van der Waals surface area contributed by atoms with Crippen LogP contribution in [-0.2, 0) is 4.74 Å². The predicted molar refractivity (Wildman–Crippen MR) is 83.7 cm³/mol. The number of hydrogen-bond donors (Lipinski definition) is 0. The average molecular weight is 313 g/mol. The second-order valence-electron chi connectivity index (χ2n) is 6.61. The molecule has 2 aliphatic heterocycles. The van der Waals surface area contributed by atoms with E-state index in [1.54, 1.807) is 6.33 Å². The Kier molecular flexibility index (Phi) is 2.70. The Morgan fingerprint density at radius 1 is 1.22 bits per heavy atom. The summed E-state index contributed by atoms with van der Waals surface area (Å²) in [5.41, 5.74) is 2.45. The lowest BCUT2D eigenvalue weighted by molar-refractivity contribution is 0.0589. The standard InChI is InChI=1S/C16H19N5O2/c1-10-17-6-13-15-14(18-9-21(10)15)16(22)20(11-2-3-11)7-12-8-23-5-4-19(12)13/h6,9,11-12H,2-5,7-8H2,1H3/t12-/m0/s1. The molecule has 1 saturated carbocycles. The Morgan fingerprint density at radius 2 is 2.09 bits per heavy atom. The number of morpholine rings is 1. The van der Waals surface area contributed by atoms with Crippen LogP contribution >= 0.6 is 0 Å². The van der Waals surface area contributed by atoms with Gasteiger partial charge in [0.1, 0.15) is 17.7 Å². The lowest BCUT2D eigenvalue weighted by Gasteiger charge is -2.41. The summed E-state index contributed by atoms with van der Waals surface area (Å²) in [6.45, 7) is 4.82. The third-order valence-corrected chi connectivity index (χ3v) is 5.13. The van der Waals surface area contributed by atoms with Gasteiger partial charge < -0.3 is 14.5 Å². The van der Waals surface area contributed by atoms with E-state index in [1.165, 1.54) is 0 Å². The molecule has 1 amide bonds. The van der Waals surface area contributed by atoms with Crippen LogP contribution in [0.15, 0.2) is 12.5 Å². The van der Waals surface area contributed by atoms with Crippen molar-refractivity contribution in [1.82, 2.24) is 19.3 Å². The lowest BCUT2D eigenvalue weighted by Crippen LogP contribution is -2.54. The number of rotatable bonds is 1. The molecule has 7 heteroatoms. The summed E-state index contributed by atoms with van der Waals surface area (Å²) in [5.74, 6) is 0.894. The van der Waals surface area contributed by atoms with Gasteiger partial charge in [0.15, 0.2) is 5.69 Å². The minimum absolute atomic E-state index is 0.0482. The van der Waals surface area contributed by atoms with Gasteiger partial charge in [-0.05, 0) is 19.8 Å². The van der Waals surface area contributed by atoms with E-state index < -0.39 is 0 Å². The molecule has 2 aromatic rings. The first-order chi connectivity index (χ1) is 11.2. The fourth-order valence-corrected chi connectivity index (χ4v) is 3.75. The second-order valence-corrected chi connectivity index (χ2v) is 6.61. The molecule has 4 heterocycles. The monoisotopic (exact) mass is 313 g/mol. The van der Waals surface area contributed by atoms with Gasteiger partial charge in [-0.3, -0.25) is 9.20 Å². The summed E-state index contributed by atoms with van der Waals surface area (Å²) in [4.78, 5) is 26.4. The van der Waals surface area contributed by atoms with Gasteiger partial charge in [0.25, 0.3) is 5.91 Å².